The summed E-state index contributed by atoms with van der Waals surface area (Å²) in [5, 5.41) is 4.19. The Morgan fingerprint density at radius 2 is 1.97 bits per heavy atom. The molecule has 1 N–H and O–H groups in total. The van der Waals surface area contributed by atoms with Crippen molar-refractivity contribution in [3.05, 3.63) is 40.6 Å². The maximum atomic E-state index is 13.4. The molecule has 1 aromatic carbocycles. The lowest BCUT2D eigenvalue weighted by Gasteiger charge is -2.32. The van der Waals surface area contributed by atoms with Crippen LogP contribution in [0.3, 0.4) is 0 Å². The SMILES string of the molecule is CCOC(=O)N1CCC(NC(=O)c2c3c(nc4ccc(C)cc24)CCCC3)CC1. The predicted octanol–water partition coefficient (Wildman–Crippen LogP) is 3.77. The summed E-state index contributed by atoms with van der Waals surface area (Å²) in [6.45, 7) is 5.46. The van der Waals surface area contributed by atoms with Crippen LogP contribution in [-0.4, -0.2) is 47.6 Å². The number of piperidine rings is 1. The van der Waals surface area contributed by atoms with Gasteiger partial charge in [-0.25, -0.2) is 4.79 Å². The van der Waals surface area contributed by atoms with Gasteiger partial charge in [0.25, 0.3) is 5.91 Å². The Hall–Kier alpha value is -2.63. The van der Waals surface area contributed by atoms with Crippen molar-refractivity contribution >= 4 is 22.9 Å². The third kappa shape index (κ3) is 4.07. The Kier molecular flexibility index (Phi) is 5.69. The smallest absolute Gasteiger partial charge is 0.409 e. The molecule has 0 atom stereocenters. The average Bonchev–Trinajstić information content (AvgIpc) is 2.72. The number of fused-ring (bicyclic) bond motifs is 2. The Morgan fingerprint density at radius 1 is 1.21 bits per heavy atom. The first-order chi connectivity index (χ1) is 14.1. The van der Waals surface area contributed by atoms with Crippen LogP contribution in [0, 0.1) is 6.92 Å². The summed E-state index contributed by atoms with van der Waals surface area (Å²) < 4.78 is 5.08. The molecule has 6 heteroatoms. The van der Waals surface area contributed by atoms with Gasteiger partial charge >= 0.3 is 6.09 Å². The van der Waals surface area contributed by atoms with Crippen molar-refractivity contribution in [1.29, 1.82) is 0 Å². The van der Waals surface area contributed by atoms with E-state index in [1.54, 1.807) is 4.90 Å². The molecule has 0 bridgehead atoms. The third-order valence-corrected chi connectivity index (χ3v) is 6.00. The Morgan fingerprint density at radius 3 is 2.72 bits per heavy atom. The fourth-order valence-electron chi connectivity index (χ4n) is 4.48. The molecule has 2 aromatic rings. The second-order valence-corrected chi connectivity index (χ2v) is 8.07. The quantitative estimate of drug-likeness (QED) is 0.859. The number of carbonyl (C=O) groups is 2. The molecular formula is C23H29N3O3. The van der Waals surface area contributed by atoms with Gasteiger partial charge in [0.05, 0.1) is 17.7 Å². The van der Waals surface area contributed by atoms with Gasteiger partial charge in [-0.2, -0.15) is 0 Å². The second kappa shape index (κ2) is 8.39. The molecule has 1 aromatic heterocycles. The first kappa shape index (κ1) is 19.7. The van der Waals surface area contributed by atoms with Crippen LogP contribution in [0.2, 0.25) is 0 Å². The van der Waals surface area contributed by atoms with Gasteiger partial charge in [0.15, 0.2) is 0 Å². The molecule has 0 unspecified atom stereocenters. The maximum absolute atomic E-state index is 13.4. The number of nitrogens with zero attached hydrogens (tertiary/aromatic N) is 2. The lowest BCUT2D eigenvalue weighted by Crippen LogP contribution is -2.47. The molecule has 1 aliphatic heterocycles. The standard InChI is InChI=1S/C23H29N3O3/c1-3-29-23(28)26-12-10-16(11-13-26)24-22(27)21-17-6-4-5-7-19(17)25-20-9-8-15(2)14-18(20)21/h8-9,14,16H,3-7,10-13H2,1-2H3,(H,24,27). The molecule has 1 aliphatic carbocycles. The second-order valence-electron chi connectivity index (χ2n) is 8.07. The van der Waals surface area contributed by atoms with Crippen LogP contribution >= 0.6 is 0 Å². The minimum absolute atomic E-state index is 0.00395. The van der Waals surface area contributed by atoms with Gasteiger partial charge in [-0.1, -0.05) is 11.6 Å². The fraction of sp³-hybridized carbons (Fsp3) is 0.522. The zero-order chi connectivity index (χ0) is 20.4. The molecule has 0 radical (unpaired) electrons. The number of nitrogens with one attached hydrogen (secondary N) is 1. The summed E-state index contributed by atoms with van der Waals surface area (Å²) in [6, 6.07) is 6.22. The van der Waals surface area contributed by atoms with Gasteiger partial charge in [-0.3, -0.25) is 9.78 Å². The topological polar surface area (TPSA) is 71.5 Å². The van der Waals surface area contributed by atoms with Gasteiger partial charge < -0.3 is 15.0 Å². The van der Waals surface area contributed by atoms with Gasteiger partial charge in [-0.15, -0.1) is 0 Å². The van der Waals surface area contributed by atoms with Gasteiger partial charge in [0, 0.05) is 30.2 Å². The summed E-state index contributed by atoms with van der Waals surface area (Å²) in [6.07, 6.45) is 5.31. The summed E-state index contributed by atoms with van der Waals surface area (Å²) >= 11 is 0. The minimum atomic E-state index is -0.262. The number of pyridine rings is 1. The fourth-order valence-corrected chi connectivity index (χ4v) is 4.48. The molecule has 29 heavy (non-hydrogen) atoms. The van der Waals surface area contributed by atoms with E-state index >= 15 is 0 Å². The van der Waals surface area contributed by atoms with E-state index in [-0.39, 0.29) is 18.0 Å². The number of amides is 2. The highest BCUT2D eigenvalue weighted by Crippen LogP contribution is 2.30. The number of ether oxygens (including phenoxy) is 1. The van der Waals surface area contributed by atoms with E-state index < -0.39 is 0 Å². The van der Waals surface area contributed by atoms with E-state index in [1.165, 1.54) is 0 Å². The largest absolute Gasteiger partial charge is 0.450 e. The van der Waals surface area contributed by atoms with E-state index in [2.05, 4.69) is 17.4 Å². The average molecular weight is 396 g/mol. The first-order valence-corrected chi connectivity index (χ1v) is 10.7. The monoisotopic (exact) mass is 395 g/mol. The zero-order valence-corrected chi connectivity index (χ0v) is 17.3. The molecule has 1 saturated heterocycles. The summed E-state index contributed by atoms with van der Waals surface area (Å²) in [5.74, 6) is -0.00395. The lowest BCUT2D eigenvalue weighted by atomic mass is 9.89. The number of likely N-dealkylation sites (tertiary alicyclic amines) is 1. The number of benzene rings is 1. The van der Waals surface area contributed by atoms with Crippen LogP contribution < -0.4 is 5.32 Å². The summed E-state index contributed by atoms with van der Waals surface area (Å²) in [7, 11) is 0. The highest BCUT2D eigenvalue weighted by Gasteiger charge is 2.27. The molecule has 4 rings (SSSR count). The van der Waals surface area contributed by atoms with Crippen molar-refractivity contribution in [2.45, 2.75) is 58.4 Å². The van der Waals surface area contributed by atoms with Gasteiger partial charge in [0.2, 0.25) is 0 Å². The van der Waals surface area contributed by atoms with Crippen molar-refractivity contribution in [2.75, 3.05) is 19.7 Å². The lowest BCUT2D eigenvalue weighted by molar-refractivity contribution is 0.0860. The molecule has 0 saturated carbocycles. The highest BCUT2D eigenvalue weighted by molar-refractivity contribution is 6.08. The van der Waals surface area contributed by atoms with Crippen LogP contribution in [0.25, 0.3) is 10.9 Å². The Balaban J connectivity index is 1.56. The van der Waals surface area contributed by atoms with Crippen LogP contribution in [0.5, 0.6) is 0 Å². The van der Waals surface area contributed by atoms with E-state index in [0.29, 0.717) is 19.7 Å². The Bertz CT molecular complexity index is 933. The van der Waals surface area contributed by atoms with Crippen LogP contribution in [0.4, 0.5) is 4.79 Å². The van der Waals surface area contributed by atoms with E-state index in [0.717, 1.165) is 71.8 Å². The van der Waals surface area contributed by atoms with Crippen molar-refractivity contribution in [3.63, 3.8) is 0 Å². The van der Waals surface area contributed by atoms with Crippen LogP contribution in [0.1, 0.15) is 59.8 Å². The van der Waals surface area contributed by atoms with Gasteiger partial charge in [0.1, 0.15) is 0 Å². The highest BCUT2D eigenvalue weighted by atomic mass is 16.6. The van der Waals surface area contributed by atoms with Crippen LogP contribution in [-0.2, 0) is 17.6 Å². The number of hydrogen-bond acceptors (Lipinski definition) is 4. The number of carbonyl (C=O) groups excluding carboxylic acids is 2. The first-order valence-electron chi connectivity index (χ1n) is 10.7. The van der Waals surface area contributed by atoms with Crippen LogP contribution in [0.15, 0.2) is 18.2 Å². The molecule has 2 heterocycles. The molecule has 2 amide bonds. The number of rotatable bonds is 3. The van der Waals surface area contributed by atoms with E-state index in [9.17, 15) is 9.59 Å². The molecule has 2 aliphatic rings. The molecular weight excluding hydrogens is 366 g/mol. The van der Waals surface area contributed by atoms with E-state index in [4.69, 9.17) is 9.72 Å². The normalized spacial score (nSPS) is 17.1. The molecule has 1 fully saturated rings. The third-order valence-electron chi connectivity index (χ3n) is 6.00. The van der Waals surface area contributed by atoms with Gasteiger partial charge in [-0.05, 0) is 70.1 Å². The van der Waals surface area contributed by atoms with Crippen molar-refractivity contribution < 1.29 is 14.3 Å². The predicted molar refractivity (Wildman–Crippen MR) is 112 cm³/mol. The molecule has 154 valence electrons. The minimum Gasteiger partial charge on any atom is -0.450 e. The van der Waals surface area contributed by atoms with Crippen molar-refractivity contribution in [3.8, 4) is 0 Å². The molecule has 6 nitrogen and oxygen atoms in total. The number of aromatic nitrogens is 1. The number of aryl methyl sites for hydroxylation is 2. The summed E-state index contributed by atoms with van der Waals surface area (Å²) in [4.78, 5) is 31.9. The Labute approximate surface area is 171 Å². The van der Waals surface area contributed by atoms with E-state index in [1.807, 2.05) is 19.9 Å². The molecule has 0 spiro atoms. The maximum Gasteiger partial charge on any atom is 0.409 e. The van der Waals surface area contributed by atoms with Crippen molar-refractivity contribution in [1.82, 2.24) is 15.2 Å². The summed E-state index contributed by atoms with van der Waals surface area (Å²) in [5.41, 5.74) is 5.04. The van der Waals surface area contributed by atoms with Crippen molar-refractivity contribution in [2.24, 2.45) is 0 Å². The number of hydrogen-bond donors (Lipinski definition) is 1. The zero-order valence-electron chi connectivity index (χ0n) is 17.3.